The van der Waals surface area contributed by atoms with Gasteiger partial charge in [-0.1, -0.05) is 25.1 Å². The topological polar surface area (TPSA) is 65.9 Å². The molecule has 6 nitrogen and oxygen atoms in total. The van der Waals surface area contributed by atoms with Crippen molar-refractivity contribution in [1.82, 2.24) is 14.8 Å². The maximum atomic E-state index is 13.2. The van der Waals surface area contributed by atoms with Crippen molar-refractivity contribution in [3.63, 3.8) is 0 Å². The molecule has 156 valence electrons. The summed E-state index contributed by atoms with van der Waals surface area (Å²) in [4.78, 5) is 21.7. The second-order valence-electron chi connectivity index (χ2n) is 7.92. The molecule has 29 heavy (non-hydrogen) atoms. The summed E-state index contributed by atoms with van der Waals surface area (Å²) in [5.74, 6) is 0.880. The first-order valence-corrected chi connectivity index (χ1v) is 10.1. The molecule has 1 aliphatic rings. The standard InChI is InChI=1S/C23H31N3O3/c1-4-18-8-9-20(24-14-18)15-26-16-23(17-26,22(28)25(2)10-11-27)13-19-6-5-7-21(12-19)29-3/h5-9,12,14,27H,4,10-11,13,15-17H2,1-3H3. The summed E-state index contributed by atoms with van der Waals surface area (Å²) in [6, 6.07) is 12.1. The first kappa shape index (κ1) is 21.3. The first-order chi connectivity index (χ1) is 14.0. The molecule has 1 fully saturated rings. The molecule has 3 rings (SSSR count). The van der Waals surface area contributed by atoms with Gasteiger partial charge in [-0.15, -0.1) is 0 Å². The van der Waals surface area contributed by atoms with Crippen LogP contribution < -0.4 is 4.74 Å². The third-order valence-corrected chi connectivity index (χ3v) is 5.64. The van der Waals surface area contributed by atoms with Crippen LogP contribution in [0.5, 0.6) is 5.75 Å². The minimum absolute atomic E-state index is 0.0328. The van der Waals surface area contributed by atoms with Gasteiger partial charge in [0.2, 0.25) is 5.91 Å². The van der Waals surface area contributed by atoms with Gasteiger partial charge in [0.15, 0.2) is 0 Å². The molecule has 0 atom stereocenters. The zero-order valence-electron chi connectivity index (χ0n) is 17.6. The van der Waals surface area contributed by atoms with E-state index in [1.807, 2.05) is 30.5 Å². The van der Waals surface area contributed by atoms with Gasteiger partial charge >= 0.3 is 0 Å². The number of likely N-dealkylation sites (N-methyl/N-ethyl adjacent to an activating group) is 1. The van der Waals surface area contributed by atoms with E-state index in [9.17, 15) is 9.90 Å². The van der Waals surface area contributed by atoms with E-state index >= 15 is 0 Å². The van der Waals surface area contributed by atoms with E-state index in [4.69, 9.17) is 4.74 Å². The molecule has 1 aliphatic heterocycles. The third-order valence-electron chi connectivity index (χ3n) is 5.64. The fourth-order valence-corrected chi connectivity index (χ4v) is 4.06. The lowest BCUT2D eigenvalue weighted by Crippen LogP contribution is -2.64. The van der Waals surface area contributed by atoms with Crippen molar-refractivity contribution >= 4 is 5.91 Å². The zero-order chi connectivity index (χ0) is 20.9. The molecule has 2 heterocycles. The lowest BCUT2D eigenvalue weighted by molar-refractivity contribution is -0.153. The van der Waals surface area contributed by atoms with Gasteiger partial charge < -0.3 is 14.7 Å². The highest BCUT2D eigenvalue weighted by Gasteiger charge is 2.50. The average molecular weight is 398 g/mol. The van der Waals surface area contributed by atoms with Crippen molar-refractivity contribution in [1.29, 1.82) is 0 Å². The predicted octanol–water partition coefficient (Wildman–Crippen LogP) is 2.15. The Morgan fingerprint density at radius 3 is 2.69 bits per heavy atom. The molecule has 0 unspecified atom stereocenters. The molecule has 1 aromatic heterocycles. The minimum Gasteiger partial charge on any atom is -0.497 e. The number of carbonyl (C=O) groups excluding carboxylic acids is 1. The number of pyridine rings is 1. The molecular weight excluding hydrogens is 366 g/mol. The number of likely N-dealkylation sites (tertiary alicyclic amines) is 1. The summed E-state index contributed by atoms with van der Waals surface area (Å²) in [6.45, 7) is 4.52. The van der Waals surface area contributed by atoms with Gasteiger partial charge in [-0.05, 0) is 42.2 Å². The summed E-state index contributed by atoms with van der Waals surface area (Å²) in [6.07, 6.45) is 3.56. The number of amides is 1. The Balaban J connectivity index is 1.73. The molecule has 1 aromatic carbocycles. The minimum atomic E-state index is -0.486. The summed E-state index contributed by atoms with van der Waals surface area (Å²) < 4.78 is 5.34. The van der Waals surface area contributed by atoms with Crippen molar-refractivity contribution in [2.75, 3.05) is 40.4 Å². The van der Waals surface area contributed by atoms with Crippen LogP contribution in [0.15, 0.2) is 42.6 Å². The molecule has 1 amide bonds. The highest BCUT2D eigenvalue weighted by molar-refractivity contribution is 5.84. The summed E-state index contributed by atoms with van der Waals surface area (Å²) >= 11 is 0. The van der Waals surface area contributed by atoms with Gasteiger partial charge in [0.05, 0.1) is 24.8 Å². The van der Waals surface area contributed by atoms with Crippen LogP contribution in [-0.4, -0.2) is 66.2 Å². The van der Waals surface area contributed by atoms with E-state index in [-0.39, 0.29) is 12.5 Å². The van der Waals surface area contributed by atoms with Gasteiger partial charge in [0, 0.05) is 39.4 Å². The molecule has 1 saturated heterocycles. The maximum Gasteiger partial charge on any atom is 0.231 e. The Morgan fingerprint density at radius 1 is 1.28 bits per heavy atom. The smallest absolute Gasteiger partial charge is 0.231 e. The number of rotatable bonds is 9. The van der Waals surface area contributed by atoms with E-state index in [1.54, 1.807) is 19.1 Å². The summed E-state index contributed by atoms with van der Waals surface area (Å²) in [7, 11) is 3.41. The molecule has 0 spiro atoms. The predicted molar refractivity (Wildman–Crippen MR) is 113 cm³/mol. The molecule has 2 aromatic rings. The quantitative estimate of drug-likeness (QED) is 0.702. The average Bonchev–Trinajstić information content (AvgIpc) is 2.72. The third kappa shape index (κ3) is 4.95. The van der Waals surface area contributed by atoms with Crippen molar-refractivity contribution in [2.24, 2.45) is 5.41 Å². The maximum absolute atomic E-state index is 13.2. The molecule has 6 heteroatoms. The number of methoxy groups -OCH3 is 1. The van der Waals surface area contributed by atoms with Gasteiger partial charge in [0.25, 0.3) is 0 Å². The number of aliphatic hydroxyl groups is 1. The van der Waals surface area contributed by atoms with Gasteiger partial charge in [-0.25, -0.2) is 0 Å². The van der Waals surface area contributed by atoms with E-state index in [0.29, 0.717) is 26.1 Å². The number of hydrogen-bond donors (Lipinski definition) is 1. The lowest BCUT2D eigenvalue weighted by atomic mass is 9.73. The molecule has 1 N–H and O–H groups in total. The Labute approximate surface area is 173 Å². The van der Waals surface area contributed by atoms with Crippen LogP contribution in [0.4, 0.5) is 0 Å². The number of aromatic nitrogens is 1. The monoisotopic (exact) mass is 397 g/mol. The van der Waals surface area contributed by atoms with Gasteiger partial charge in [0.1, 0.15) is 5.75 Å². The number of benzene rings is 1. The van der Waals surface area contributed by atoms with Crippen LogP contribution in [0.3, 0.4) is 0 Å². The number of nitrogens with zero attached hydrogens (tertiary/aromatic N) is 3. The Kier molecular flexibility index (Phi) is 6.87. The van der Waals surface area contributed by atoms with Crippen molar-refractivity contribution in [2.45, 2.75) is 26.3 Å². The summed E-state index contributed by atoms with van der Waals surface area (Å²) in [5, 5.41) is 9.26. The Bertz CT molecular complexity index is 816. The number of carbonyl (C=O) groups is 1. The summed E-state index contributed by atoms with van der Waals surface area (Å²) in [5.41, 5.74) is 2.85. The fraction of sp³-hybridized carbons (Fsp3) is 0.478. The molecule has 0 aliphatic carbocycles. The highest BCUT2D eigenvalue weighted by Crippen LogP contribution is 2.37. The van der Waals surface area contributed by atoms with Gasteiger partial charge in [-0.2, -0.15) is 0 Å². The lowest BCUT2D eigenvalue weighted by Gasteiger charge is -2.50. The Morgan fingerprint density at radius 2 is 2.07 bits per heavy atom. The number of hydrogen-bond acceptors (Lipinski definition) is 5. The second-order valence-corrected chi connectivity index (χ2v) is 7.92. The van der Waals surface area contributed by atoms with Crippen molar-refractivity contribution < 1.29 is 14.6 Å². The Hall–Kier alpha value is -2.44. The molecule has 0 radical (unpaired) electrons. The fourth-order valence-electron chi connectivity index (χ4n) is 4.06. The van der Waals surface area contributed by atoms with E-state index in [2.05, 4.69) is 28.9 Å². The number of ether oxygens (including phenoxy) is 1. The SMILES string of the molecule is CCc1ccc(CN2CC(Cc3cccc(OC)c3)(C(=O)N(C)CCO)C2)nc1. The first-order valence-electron chi connectivity index (χ1n) is 10.1. The normalized spacial score (nSPS) is 15.6. The van der Waals surface area contributed by atoms with Crippen molar-refractivity contribution in [3.8, 4) is 5.75 Å². The van der Waals surface area contributed by atoms with Gasteiger partial charge in [-0.3, -0.25) is 14.7 Å². The van der Waals surface area contributed by atoms with Crippen LogP contribution >= 0.6 is 0 Å². The van der Waals surface area contributed by atoms with Crippen molar-refractivity contribution in [3.05, 3.63) is 59.4 Å². The molecule has 0 saturated carbocycles. The van der Waals surface area contributed by atoms with Crippen LogP contribution in [0.1, 0.15) is 23.7 Å². The van der Waals surface area contributed by atoms with Crippen LogP contribution in [0.25, 0.3) is 0 Å². The molecule has 0 bridgehead atoms. The van der Waals surface area contributed by atoms with E-state index < -0.39 is 5.41 Å². The van der Waals surface area contributed by atoms with Crippen LogP contribution in [0, 0.1) is 5.41 Å². The van der Waals surface area contributed by atoms with Crippen LogP contribution in [-0.2, 0) is 24.2 Å². The largest absolute Gasteiger partial charge is 0.497 e. The van der Waals surface area contributed by atoms with E-state index in [0.717, 1.165) is 30.0 Å². The second kappa shape index (κ2) is 9.37. The zero-order valence-corrected chi connectivity index (χ0v) is 17.6. The van der Waals surface area contributed by atoms with E-state index in [1.165, 1.54) is 5.56 Å². The number of aryl methyl sites for hydroxylation is 1. The highest BCUT2D eigenvalue weighted by atomic mass is 16.5. The number of aliphatic hydroxyl groups excluding tert-OH is 1. The van der Waals surface area contributed by atoms with Crippen LogP contribution in [0.2, 0.25) is 0 Å². The molecular formula is C23H31N3O3.